The molecule has 140 valence electrons. The molecule has 1 amide bonds. The number of nitrogens with zero attached hydrogens (tertiary/aromatic N) is 1. The van der Waals surface area contributed by atoms with Crippen molar-refractivity contribution in [2.45, 2.75) is 57.0 Å². The zero-order valence-corrected chi connectivity index (χ0v) is 17.4. The molecule has 0 aromatic heterocycles. The Balaban J connectivity index is 0.00000288. The molecule has 1 aliphatic heterocycles. The van der Waals surface area contributed by atoms with E-state index < -0.39 is 9.84 Å². The Bertz CT molecular complexity index is 533. The fraction of sp³-hybridized carbons (Fsp3) is 0.867. The molecule has 0 aromatic rings. The minimum absolute atomic E-state index is 0. The van der Waals surface area contributed by atoms with Crippen LogP contribution in [0.25, 0.3) is 0 Å². The van der Waals surface area contributed by atoms with E-state index in [1.807, 2.05) is 0 Å². The Hall–Kier alpha value is -0.580. The van der Waals surface area contributed by atoms with Gasteiger partial charge in [-0.05, 0) is 19.3 Å². The van der Waals surface area contributed by atoms with E-state index in [-0.39, 0.29) is 47.4 Å². The van der Waals surface area contributed by atoms with E-state index >= 15 is 0 Å². The topological polar surface area (TPSA) is 99.7 Å². The molecule has 1 heterocycles. The first-order chi connectivity index (χ1) is 11.0. The number of carbonyl (C=O) groups excluding carboxylic acids is 1. The van der Waals surface area contributed by atoms with Gasteiger partial charge in [0.15, 0.2) is 15.8 Å². The van der Waals surface area contributed by atoms with Crippen molar-refractivity contribution in [3.63, 3.8) is 0 Å². The molecule has 1 saturated heterocycles. The molecule has 1 aliphatic carbocycles. The molecule has 2 aliphatic rings. The van der Waals surface area contributed by atoms with Crippen molar-refractivity contribution in [3.8, 4) is 0 Å². The lowest BCUT2D eigenvalue weighted by Gasteiger charge is -2.23. The predicted molar refractivity (Wildman–Crippen MR) is 107 cm³/mol. The van der Waals surface area contributed by atoms with Crippen molar-refractivity contribution in [2.75, 3.05) is 25.1 Å². The quantitative estimate of drug-likeness (QED) is 0.312. The number of hydrogen-bond donors (Lipinski definition) is 3. The molecule has 1 unspecified atom stereocenters. The Morgan fingerprint density at radius 3 is 2.38 bits per heavy atom. The van der Waals surface area contributed by atoms with Gasteiger partial charge in [-0.1, -0.05) is 19.3 Å². The molecule has 2 fully saturated rings. The number of guanidine groups is 1. The van der Waals surface area contributed by atoms with Crippen LogP contribution < -0.4 is 16.0 Å². The summed E-state index contributed by atoms with van der Waals surface area (Å²) >= 11 is 0. The van der Waals surface area contributed by atoms with Crippen LogP contribution in [-0.2, 0) is 14.6 Å². The maximum Gasteiger partial charge on any atom is 0.221 e. The first kappa shape index (κ1) is 21.5. The van der Waals surface area contributed by atoms with Crippen LogP contribution in [-0.4, -0.2) is 57.5 Å². The fourth-order valence-corrected chi connectivity index (χ4v) is 4.81. The summed E-state index contributed by atoms with van der Waals surface area (Å²) in [6, 6.07) is 0.236. The lowest BCUT2D eigenvalue weighted by atomic mass is 9.95. The summed E-state index contributed by atoms with van der Waals surface area (Å²) in [4.78, 5) is 16.0. The summed E-state index contributed by atoms with van der Waals surface area (Å²) in [5.41, 5.74) is 0. The van der Waals surface area contributed by atoms with Crippen molar-refractivity contribution in [2.24, 2.45) is 4.99 Å². The second kappa shape index (κ2) is 10.4. The smallest absolute Gasteiger partial charge is 0.221 e. The Morgan fingerprint density at radius 2 is 1.79 bits per heavy atom. The first-order valence-electron chi connectivity index (χ1n) is 8.45. The Morgan fingerprint density at radius 1 is 1.08 bits per heavy atom. The maximum absolute atomic E-state index is 11.9. The van der Waals surface area contributed by atoms with E-state index in [1.54, 1.807) is 7.05 Å². The van der Waals surface area contributed by atoms with Crippen LogP contribution in [0.3, 0.4) is 0 Å². The number of carbonyl (C=O) groups is 1. The van der Waals surface area contributed by atoms with E-state index in [2.05, 4.69) is 20.9 Å². The highest BCUT2D eigenvalue weighted by Crippen LogP contribution is 2.17. The van der Waals surface area contributed by atoms with E-state index in [0.29, 0.717) is 31.4 Å². The van der Waals surface area contributed by atoms with Gasteiger partial charge >= 0.3 is 0 Å². The number of aliphatic imine (C=N–C) groups is 1. The average molecular weight is 472 g/mol. The third-order valence-electron chi connectivity index (χ3n) is 4.41. The standard InChI is InChI=1S/C15H28N4O3S.HI/c1-16-15(19-13-8-10-23(21,22)11-13)17-9-7-14(20)18-12-5-3-2-4-6-12;/h12-13H,2-11H2,1H3,(H,18,20)(H2,16,17,19);1H. The van der Waals surface area contributed by atoms with Crippen LogP contribution in [0.15, 0.2) is 4.99 Å². The van der Waals surface area contributed by atoms with Gasteiger partial charge < -0.3 is 16.0 Å². The van der Waals surface area contributed by atoms with Crippen LogP contribution in [0.5, 0.6) is 0 Å². The Labute approximate surface area is 161 Å². The van der Waals surface area contributed by atoms with E-state index in [4.69, 9.17) is 0 Å². The summed E-state index contributed by atoms with van der Waals surface area (Å²) in [7, 11) is -1.27. The maximum atomic E-state index is 11.9. The number of sulfone groups is 1. The summed E-state index contributed by atoms with van der Waals surface area (Å²) in [6.07, 6.45) is 6.82. The van der Waals surface area contributed by atoms with Gasteiger partial charge in [0.1, 0.15) is 0 Å². The van der Waals surface area contributed by atoms with Gasteiger partial charge in [0, 0.05) is 32.1 Å². The highest BCUT2D eigenvalue weighted by Gasteiger charge is 2.28. The van der Waals surface area contributed by atoms with Gasteiger partial charge in [0.25, 0.3) is 0 Å². The second-order valence-electron chi connectivity index (χ2n) is 6.40. The molecular weight excluding hydrogens is 443 g/mol. The van der Waals surface area contributed by atoms with Crippen molar-refractivity contribution >= 4 is 45.7 Å². The normalized spacial score (nSPS) is 24.0. The molecule has 0 spiro atoms. The number of rotatable bonds is 5. The second-order valence-corrected chi connectivity index (χ2v) is 8.62. The number of amides is 1. The fourth-order valence-electron chi connectivity index (χ4n) is 3.14. The van der Waals surface area contributed by atoms with Gasteiger partial charge in [-0.3, -0.25) is 9.79 Å². The minimum Gasteiger partial charge on any atom is -0.356 e. The third-order valence-corrected chi connectivity index (χ3v) is 6.18. The van der Waals surface area contributed by atoms with Gasteiger partial charge in [-0.15, -0.1) is 24.0 Å². The summed E-state index contributed by atoms with van der Waals surface area (Å²) in [5, 5.41) is 9.26. The van der Waals surface area contributed by atoms with Crippen LogP contribution >= 0.6 is 24.0 Å². The predicted octanol–water partition coefficient (Wildman–Crippen LogP) is 0.795. The van der Waals surface area contributed by atoms with Crippen LogP contribution in [0.4, 0.5) is 0 Å². The van der Waals surface area contributed by atoms with Crippen molar-refractivity contribution in [1.29, 1.82) is 0 Å². The highest BCUT2D eigenvalue weighted by molar-refractivity contribution is 14.0. The first-order valence-corrected chi connectivity index (χ1v) is 10.3. The molecule has 0 bridgehead atoms. The van der Waals surface area contributed by atoms with Gasteiger partial charge in [0.2, 0.25) is 5.91 Å². The SMILES string of the molecule is CN=C(NCCC(=O)NC1CCCCC1)NC1CCS(=O)(=O)C1.I. The molecule has 3 N–H and O–H groups in total. The van der Waals surface area contributed by atoms with Crippen LogP contribution in [0.1, 0.15) is 44.9 Å². The molecule has 9 heteroatoms. The van der Waals surface area contributed by atoms with Gasteiger partial charge in [-0.25, -0.2) is 8.42 Å². The molecular formula is C15H29IN4O3S. The van der Waals surface area contributed by atoms with E-state index in [1.165, 1.54) is 19.3 Å². The summed E-state index contributed by atoms with van der Waals surface area (Å²) < 4.78 is 22.9. The van der Waals surface area contributed by atoms with Gasteiger partial charge in [-0.2, -0.15) is 0 Å². The van der Waals surface area contributed by atoms with Crippen LogP contribution in [0.2, 0.25) is 0 Å². The minimum atomic E-state index is -2.91. The number of nitrogens with one attached hydrogen (secondary N) is 3. The molecule has 2 rings (SSSR count). The van der Waals surface area contributed by atoms with E-state index in [0.717, 1.165) is 12.8 Å². The zero-order chi connectivity index (χ0) is 16.7. The third kappa shape index (κ3) is 7.54. The summed E-state index contributed by atoms with van der Waals surface area (Å²) in [6.45, 7) is 0.484. The average Bonchev–Trinajstić information content (AvgIpc) is 2.86. The molecule has 0 radical (unpaired) electrons. The van der Waals surface area contributed by atoms with Gasteiger partial charge in [0.05, 0.1) is 11.5 Å². The van der Waals surface area contributed by atoms with Crippen molar-refractivity contribution in [3.05, 3.63) is 0 Å². The van der Waals surface area contributed by atoms with E-state index in [9.17, 15) is 13.2 Å². The van der Waals surface area contributed by atoms with Crippen molar-refractivity contribution in [1.82, 2.24) is 16.0 Å². The van der Waals surface area contributed by atoms with Crippen LogP contribution in [0, 0.1) is 0 Å². The molecule has 7 nitrogen and oxygen atoms in total. The van der Waals surface area contributed by atoms with Crippen molar-refractivity contribution < 1.29 is 13.2 Å². The molecule has 1 atom stereocenters. The molecule has 0 aromatic carbocycles. The largest absolute Gasteiger partial charge is 0.356 e. The summed E-state index contributed by atoms with van der Waals surface area (Å²) in [5.74, 6) is 0.988. The molecule has 1 saturated carbocycles. The monoisotopic (exact) mass is 472 g/mol. The lowest BCUT2D eigenvalue weighted by molar-refractivity contribution is -0.121. The Kier molecular flexibility index (Phi) is 9.32. The lowest BCUT2D eigenvalue weighted by Crippen LogP contribution is -2.45. The highest BCUT2D eigenvalue weighted by atomic mass is 127. The zero-order valence-electron chi connectivity index (χ0n) is 14.2. The molecule has 24 heavy (non-hydrogen) atoms. The number of hydrogen-bond acceptors (Lipinski definition) is 4. The number of halogens is 1.